The second-order valence-corrected chi connectivity index (χ2v) is 2.94. The highest BCUT2D eigenvalue weighted by molar-refractivity contribution is 5.58. The monoisotopic (exact) mass is 190 g/mol. The molecule has 72 valence electrons. The van der Waals surface area contributed by atoms with Gasteiger partial charge in [-0.25, -0.2) is 4.39 Å². The molecule has 1 atom stereocenters. The summed E-state index contributed by atoms with van der Waals surface area (Å²) in [6.07, 6.45) is 1.69. The van der Waals surface area contributed by atoms with Crippen LogP contribution in [0.15, 0.2) is 30.9 Å². The Morgan fingerprint density at radius 2 is 2.36 bits per heavy atom. The normalized spacial score (nSPS) is 11.5. The Labute approximate surface area is 82.7 Å². The maximum atomic E-state index is 13.1. The lowest BCUT2D eigenvalue weighted by molar-refractivity contribution is 0.624. The quantitative estimate of drug-likeness (QED) is 0.744. The number of anilines is 1. The third-order valence-electron chi connectivity index (χ3n) is 1.86. The molecule has 0 fully saturated rings. The van der Waals surface area contributed by atoms with Gasteiger partial charge >= 0.3 is 0 Å². The predicted octanol–water partition coefficient (Wildman–Crippen LogP) is 2.68. The van der Waals surface area contributed by atoms with E-state index in [0.717, 1.165) is 0 Å². The summed E-state index contributed by atoms with van der Waals surface area (Å²) in [5.41, 5.74) is 0.543. The van der Waals surface area contributed by atoms with E-state index in [0.29, 0.717) is 5.69 Å². The van der Waals surface area contributed by atoms with E-state index in [-0.39, 0.29) is 11.6 Å². The van der Waals surface area contributed by atoms with Crippen molar-refractivity contribution in [2.75, 3.05) is 5.32 Å². The van der Waals surface area contributed by atoms with Gasteiger partial charge in [0.15, 0.2) is 0 Å². The number of rotatable bonds is 3. The van der Waals surface area contributed by atoms with Crippen LogP contribution in [0.2, 0.25) is 0 Å². The van der Waals surface area contributed by atoms with Crippen molar-refractivity contribution >= 4 is 5.69 Å². The Balaban J connectivity index is 3.03. The van der Waals surface area contributed by atoms with Crippen molar-refractivity contribution in [3.8, 4) is 6.07 Å². The number of hydrogen-bond acceptors (Lipinski definition) is 2. The molecular formula is C11H11FN2. The minimum atomic E-state index is -0.506. The van der Waals surface area contributed by atoms with Crippen LogP contribution in [0.5, 0.6) is 0 Å². The van der Waals surface area contributed by atoms with Crippen molar-refractivity contribution < 1.29 is 4.39 Å². The van der Waals surface area contributed by atoms with E-state index in [9.17, 15) is 4.39 Å². The molecule has 1 N–H and O–H groups in total. The third kappa shape index (κ3) is 2.11. The number of nitrogens with zero attached hydrogens (tertiary/aromatic N) is 1. The summed E-state index contributed by atoms with van der Waals surface area (Å²) in [6.45, 7) is 5.47. The van der Waals surface area contributed by atoms with Crippen LogP contribution >= 0.6 is 0 Å². The molecule has 0 aromatic heterocycles. The Bertz CT molecular complexity index is 379. The molecule has 0 aliphatic heterocycles. The molecule has 0 saturated carbocycles. The zero-order valence-electron chi connectivity index (χ0n) is 7.92. The maximum absolute atomic E-state index is 13.1. The van der Waals surface area contributed by atoms with Crippen molar-refractivity contribution in [2.24, 2.45) is 0 Å². The first-order valence-corrected chi connectivity index (χ1v) is 4.26. The molecule has 0 bridgehead atoms. The lowest BCUT2D eigenvalue weighted by Crippen LogP contribution is -2.12. The number of nitriles is 1. The number of nitrogens with one attached hydrogen (secondary N) is 1. The van der Waals surface area contributed by atoms with Gasteiger partial charge in [-0.05, 0) is 19.1 Å². The van der Waals surface area contributed by atoms with Crippen LogP contribution in [-0.2, 0) is 0 Å². The highest BCUT2D eigenvalue weighted by atomic mass is 19.1. The van der Waals surface area contributed by atoms with Crippen LogP contribution in [-0.4, -0.2) is 6.04 Å². The second kappa shape index (κ2) is 4.43. The fourth-order valence-electron chi connectivity index (χ4n) is 1.06. The largest absolute Gasteiger partial charge is 0.378 e. The Kier molecular flexibility index (Phi) is 3.24. The molecule has 0 heterocycles. The van der Waals surface area contributed by atoms with E-state index in [1.54, 1.807) is 18.2 Å². The molecular weight excluding hydrogens is 179 g/mol. The minimum Gasteiger partial charge on any atom is -0.378 e. The summed E-state index contributed by atoms with van der Waals surface area (Å²) in [5, 5.41) is 11.7. The van der Waals surface area contributed by atoms with Gasteiger partial charge in [-0.2, -0.15) is 5.26 Å². The standard InChI is InChI=1S/C11H11FN2/c1-3-8(2)14-11-6-4-5-10(12)9(11)7-13/h3-6,8,14H,1H2,2H3. The van der Waals surface area contributed by atoms with Crippen LogP contribution in [0.1, 0.15) is 12.5 Å². The van der Waals surface area contributed by atoms with Gasteiger partial charge in [-0.15, -0.1) is 6.58 Å². The molecule has 0 amide bonds. The van der Waals surface area contributed by atoms with Crippen LogP contribution in [0.25, 0.3) is 0 Å². The Hall–Kier alpha value is -1.82. The summed E-state index contributed by atoms with van der Waals surface area (Å²) >= 11 is 0. The molecule has 0 radical (unpaired) electrons. The van der Waals surface area contributed by atoms with Crippen molar-refractivity contribution in [3.63, 3.8) is 0 Å². The number of hydrogen-bond donors (Lipinski definition) is 1. The van der Waals surface area contributed by atoms with Gasteiger partial charge in [-0.3, -0.25) is 0 Å². The van der Waals surface area contributed by atoms with Gasteiger partial charge in [-0.1, -0.05) is 12.1 Å². The summed E-state index contributed by atoms with van der Waals surface area (Å²) in [6, 6.07) is 6.32. The zero-order valence-corrected chi connectivity index (χ0v) is 7.92. The van der Waals surface area contributed by atoms with Crippen LogP contribution in [0.3, 0.4) is 0 Å². The highest BCUT2D eigenvalue weighted by Crippen LogP contribution is 2.18. The van der Waals surface area contributed by atoms with Gasteiger partial charge in [0.1, 0.15) is 17.4 Å². The minimum absolute atomic E-state index is 0.00361. The number of benzene rings is 1. The molecule has 1 rings (SSSR count). The van der Waals surface area contributed by atoms with Gasteiger partial charge in [0.05, 0.1) is 5.69 Å². The fourth-order valence-corrected chi connectivity index (χ4v) is 1.06. The topological polar surface area (TPSA) is 35.8 Å². The van der Waals surface area contributed by atoms with E-state index >= 15 is 0 Å². The first-order chi connectivity index (χ1) is 6.69. The molecule has 0 aliphatic rings. The Morgan fingerprint density at radius 1 is 1.64 bits per heavy atom. The van der Waals surface area contributed by atoms with E-state index in [4.69, 9.17) is 5.26 Å². The van der Waals surface area contributed by atoms with Gasteiger partial charge < -0.3 is 5.32 Å². The van der Waals surface area contributed by atoms with Crippen molar-refractivity contribution in [3.05, 3.63) is 42.2 Å². The molecule has 0 aliphatic carbocycles. The Morgan fingerprint density at radius 3 is 2.93 bits per heavy atom. The molecule has 1 unspecified atom stereocenters. The molecule has 14 heavy (non-hydrogen) atoms. The summed E-state index contributed by atoms with van der Waals surface area (Å²) in [7, 11) is 0. The molecule has 0 saturated heterocycles. The summed E-state index contributed by atoms with van der Waals surface area (Å²) in [4.78, 5) is 0. The first kappa shape index (κ1) is 10.3. The maximum Gasteiger partial charge on any atom is 0.143 e. The van der Waals surface area contributed by atoms with Crippen molar-refractivity contribution in [1.82, 2.24) is 0 Å². The van der Waals surface area contributed by atoms with Gasteiger partial charge in [0.2, 0.25) is 0 Å². The van der Waals surface area contributed by atoms with E-state index in [2.05, 4.69) is 11.9 Å². The third-order valence-corrected chi connectivity index (χ3v) is 1.86. The smallest absolute Gasteiger partial charge is 0.143 e. The van der Waals surface area contributed by atoms with E-state index in [1.165, 1.54) is 6.07 Å². The average molecular weight is 190 g/mol. The molecule has 2 nitrogen and oxygen atoms in total. The van der Waals surface area contributed by atoms with Crippen LogP contribution in [0, 0.1) is 17.1 Å². The zero-order chi connectivity index (χ0) is 10.6. The lowest BCUT2D eigenvalue weighted by Gasteiger charge is -2.12. The fraction of sp³-hybridized carbons (Fsp3) is 0.182. The average Bonchev–Trinajstić information content (AvgIpc) is 2.18. The lowest BCUT2D eigenvalue weighted by atomic mass is 10.1. The van der Waals surface area contributed by atoms with E-state index < -0.39 is 5.82 Å². The molecule has 1 aromatic rings. The summed E-state index contributed by atoms with van der Waals surface area (Å²) in [5.74, 6) is -0.506. The van der Waals surface area contributed by atoms with Crippen molar-refractivity contribution in [1.29, 1.82) is 5.26 Å². The highest BCUT2D eigenvalue weighted by Gasteiger charge is 2.07. The number of halogens is 1. The molecule has 0 spiro atoms. The predicted molar refractivity (Wildman–Crippen MR) is 54.4 cm³/mol. The molecule has 3 heteroatoms. The van der Waals surface area contributed by atoms with Gasteiger partial charge in [0, 0.05) is 6.04 Å². The van der Waals surface area contributed by atoms with Crippen LogP contribution < -0.4 is 5.32 Å². The van der Waals surface area contributed by atoms with Crippen LogP contribution in [0.4, 0.5) is 10.1 Å². The summed E-state index contributed by atoms with van der Waals surface area (Å²) < 4.78 is 13.1. The second-order valence-electron chi connectivity index (χ2n) is 2.94. The van der Waals surface area contributed by atoms with Gasteiger partial charge in [0.25, 0.3) is 0 Å². The van der Waals surface area contributed by atoms with Crippen molar-refractivity contribution in [2.45, 2.75) is 13.0 Å². The van der Waals surface area contributed by atoms with E-state index in [1.807, 2.05) is 13.0 Å². The SMILES string of the molecule is C=CC(C)Nc1cccc(F)c1C#N. The molecule has 1 aromatic carbocycles. The first-order valence-electron chi connectivity index (χ1n) is 4.26.